The molecule has 2 aromatic heterocycles. The number of benzene rings is 3. The average Bonchev–Trinajstić information content (AvgIpc) is 3.15. The van der Waals surface area contributed by atoms with E-state index in [9.17, 15) is 0 Å². The van der Waals surface area contributed by atoms with Gasteiger partial charge in [0, 0.05) is 17.0 Å². The molecular formula is C23H18N4O. The fourth-order valence-electron chi connectivity index (χ4n) is 3.19. The van der Waals surface area contributed by atoms with E-state index in [0.29, 0.717) is 5.95 Å². The van der Waals surface area contributed by atoms with Crippen LogP contribution in [0.5, 0.6) is 0 Å². The molecule has 0 saturated carbocycles. The lowest BCUT2D eigenvalue weighted by atomic mass is 10.1. The molecule has 0 bridgehead atoms. The summed E-state index contributed by atoms with van der Waals surface area (Å²) < 4.78 is 6.12. The van der Waals surface area contributed by atoms with E-state index in [1.807, 2.05) is 54.6 Å². The number of hydrogen-bond donors (Lipinski definition) is 2. The minimum Gasteiger partial charge on any atom is -0.456 e. The summed E-state index contributed by atoms with van der Waals surface area (Å²) in [6.07, 6.45) is 0. The Morgan fingerprint density at radius 1 is 0.929 bits per heavy atom. The van der Waals surface area contributed by atoms with Gasteiger partial charge < -0.3 is 9.40 Å². The number of nitrogens with zero attached hydrogens (tertiary/aromatic N) is 2. The minimum absolute atomic E-state index is 0.600. The van der Waals surface area contributed by atoms with E-state index in [2.05, 4.69) is 51.7 Å². The maximum Gasteiger partial charge on any atom is 0.222 e. The lowest BCUT2D eigenvalue weighted by molar-refractivity contribution is 0.618. The number of para-hydroxylation sites is 3. The van der Waals surface area contributed by atoms with Crippen LogP contribution in [0.15, 0.2) is 88.4 Å². The van der Waals surface area contributed by atoms with E-state index in [1.54, 1.807) is 0 Å². The predicted octanol–water partition coefficient (Wildman–Crippen LogP) is 5.21. The number of aromatic nitrogens is 2. The first-order valence-electron chi connectivity index (χ1n) is 9.11. The third-order valence-corrected chi connectivity index (χ3v) is 4.66. The molecule has 0 radical (unpaired) electrons. The minimum atomic E-state index is 0.600. The normalized spacial score (nSPS) is 12.0. The Morgan fingerprint density at radius 2 is 1.71 bits per heavy atom. The summed E-state index contributed by atoms with van der Waals surface area (Å²) in [6, 6.07) is 26.0. The predicted molar refractivity (Wildman–Crippen MR) is 112 cm³/mol. The van der Waals surface area contributed by atoms with Crippen molar-refractivity contribution in [2.45, 2.75) is 6.92 Å². The zero-order valence-electron chi connectivity index (χ0n) is 15.3. The topological polar surface area (TPSA) is 66.2 Å². The molecule has 5 aromatic rings. The van der Waals surface area contributed by atoms with Crippen LogP contribution >= 0.6 is 0 Å². The highest BCUT2D eigenvalue weighted by molar-refractivity contribution is 5.79. The molecule has 2 heterocycles. The van der Waals surface area contributed by atoms with E-state index >= 15 is 0 Å². The van der Waals surface area contributed by atoms with Gasteiger partial charge >= 0.3 is 0 Å². The Kier molecular flexibility index (Phi) is 3.91. The fraction of sp³-hybridized carbons (Fsp3) is 0.0435. The maximum absolute atomic E-state index is 6.12. The number of aryl methyl sites for hydroxylation is 1. The number of hydrogen-bond acceptors (Lipinski definition) is 4. The summed E-state index contributed by atoms with van der Waals surface area (Å²) >= 11 is 0. The standard InChI is InChI=1S/C23H18N4O/c1-15-10-12-16(13-11-15)22-14-20(17-6-2-5-9-21(17)28-22)26-27-23-24-18-7-3-4-8-19(18)25-23/h2-14H,1H3,(H2,24,25,27). The van der Waals surface area contributed by atoms with E-state index in [0.717, 1.165) is 38.7 Å². The van der Waals surface area contributed by atoms with E-state index < -0.39 is 0 Å². The van der Waals surface area contributed by atoms with Crippen LogP contribution < -0.4 is 10.8 Å². The number of anilines is 1. The van der Waals surface area contributed by atoms with Gasteiger partial charge in [-0.2, -0.15) is 5.10 Å². The molecule has 0 amide bonds. The first-order valence-corrected chi connectivity index (χ1v) is 9.11. The van der Waals surface area contributed by atoms with Crippen LogP contribution in [0.1, 0.15) is 5.56 Å². The van der Waals surface area contributed by atoms with Crippen molar-refractivity contribution in [2.75, 3.05) is 5.43 Å². The summed E-state index contributed by atoms with van der Waals surface area (Å²) in [6.45, 7) is 2.07. The lowest BCUT2D eigenvalue weighted by Crippen LogP contribution is -2.07. The number of nitrogens with one attached hydrogen (secondary N) is 2. The van der Waals surface area contributed by atoms with Crippen LogP contribution in [0.4, 0.5) is 5.95 Å². The first-order chi connectivity index (χ1) is 13.8. The van der Waals surface area contributed by atoms with Gasteiger partial charge in [-0.05, 0) is 31.2 Å². The zero-order chi connectivity index (χ0) is 18.9. The second kappa shape index (κ2) is 6.70. The molecule has 28 heavy (non-hydrogen) atoms. The van der Waals surface area contributed by atoms with Crippen LogP contribution in [0.2, 0.25) is 0 Å². The van der Waals surface area contributed by atoms with Crippen molar-refractivity contribution in [3.05, 3.63) is 89.8 Å². The highest BCUT2D eigenvalue weighted by Gasteiger charge is 2.06. The van der Waals surface area contributed by atoms with Crippen molar-refractivity contribution < 1.29 is 4.42 Å². The quantitative estimate of drug-likeness (QED) is 0.431. The van der Waals surface area contributed by atoms with Gasteiger partial charge in [-0.3, -0.25) is 0 Å². The zero-order valence-corrected chi connectivity index (χ0v) is 15.3. The number of aromatic amines is 1. The molecular weight excluding hydrogens is 348 g/mol. The van der Waals surface area contributed by atoms with Crippen molar-refractivity contribution in [3.63, 3.8) is 0 Å². The molecule has 5 rings (SSSR count). The van der Waals surface area contributed by atoms with Crippen molar-refractivity contribution in [3.8, 4) is 11.3 Å². The van der Waals surface area contributed by atoms with Gasteiger partial charge in [-0.25, -0.2) is 10.4 Å². The summed E-state index contributed by atoms with van der Waals surface area (Å²) in [5.41, 5.74) is 7.91. The van der Waals surface area contributed by atoms with Gasteiger partial charge in [0.1, 0.15) is 11.3 Å². The third-order valence-electron chi connectivity index (χ3n) is 4.66. The lowest BCUT2D eigenvalue weighted by Gasteiger charge is -2.05. The molecule has 0 saturated heterocycles. The molecule has 136 valence electrons. The molecule has 0 fully saturated rings. The second-order valence-corrected chi connectivity index (χ2v) is 6.68. The Bertz CT molecular complexity index is 1310. The monoisotopic (exact) mass is 366 g/mol. The number of fused-ring (bicyclic) bond motifs is 2. The van der Waals surface area contributed by atoms with Gasteiger partial charge in [0.2, 0.25) is 5.95 Å². The van der Waals surface area contributed by atoms with E-state index in [1.165, 1.54) is 5.56 Å². The molecule has 5 heteroatoms. The molecule has 3 aromatic carbocycles. The Labute approximate surface area is 161 Å². The largest absolute Gasteiger partial charge is 0.456 e. The summed E-state index contributed by atoms with van der Waals surface area (Å²) in [7, 11) is 0. The van der Waals surface area contributed by atoms with Crippen molar-refractivity contribution in [1.82, 2.24) is 9.97 Å². The van der Waals surface area contributed by atoms with Crippen LogP contribution in [0, 0.1) is 6.92 Å². The van der Waals surface area contributed by atoms with Crippen LogP contribution in [-0.4, -0.2) is 9.97 Å². The number of imidazole rings is 1. The highest BCUT2D eigenvalue weighted by atomic mass is 16.3. The Hall–Kier alpha value is -3.86. The van der Waals surface area contributed by atoms with Gasteiger partial charge in [-0.15, -0.1) is 0 Å². The molecule has 0 spiro atoms. The Morgan fingerprint density at radius 3 is 2.57 bits per heavy atom. The smallest absolute Gasteiger partial charge is 0.222 e. The molecule has 5 nitrogen and oxygen atoms in total. The fourth-order valence-corrected chi connectivity index (χ4v) is 3.19. The molecule has 0 aliphatic carbocycles. The van der Waals surface area contributed by atoms with Crippen LogP contribution in [0.3, 0.4) is 0 Å². The third kappa shape index (κ3) is 3.03. The average molecular weight is 366 g/mol. The highest BCUT2D eigenvalue weighted by Crippen LogP contribution is 2.22. The van der Waals surface area contributed by atoms with Crippen molar-refractivity contribution in [1.29, 1.82) is 0 Å². The van der Waals surface area contributed by atoms with Crippen molar-refractivity contribution in [2.24, 2.45) is 5.10 Å². The second-order valence-electron chi connectivity index (χ2n) is 6.68. The summed E-state index contributed by atoms with van der Waals surface area (Å²) in [5, 5.41) is 6.32. The van der Waals surface area contributed by atoms with Crippen molar-refractivity contribution >= 4 is 28.0 Å². The summed E-state index contributed by atoms with van der Waals surface area (Å²) in [5.74, 6) is 1.37. The number of rotatable bonds is 3. The molecule has 0 aliphatic rings. The Balaban J connectivity index is 1.62. The van der Waals surface area contributed by atoms with Gasteiger partial charge in [0.15, 0.2) is 0 Å². The molecule has 0 aliphatic heterocycles. The van der Waals surface area contributed by atoms with E-state index in [-0.39, 0.29) is 0 Å². The molecule has 0 atom stereocenters. The van der Waals surface area contributed by atoms with E-state index in [4.69, 9.17) is 4.42 Å². The van der Waals surface area contributed by atoms with Gasteiger partial charge in [-0.1, -0.05) is 54.1 Å². The number of H-pyrrole nitrogens is 1. The van der Waals surface area contributed by atoms with Gasteiger partial charge in [0.25, 0.3) is 0 Å². The summed E-state index contributed by atoms with van der Waals surface area (Å²) in [4.78, 5) is 7.74. The maximum atomic E-state index is 6.12. The SMILES string of the molecule is Cc1ccc(-c2cc(=NNc3nc4ccccc4[nH]3)c3ccccc3o2)cc1. The molecule has 0 unspecified atom stereocenters. The van der Waals surface area contributed by atoms with Crippen LogP contribution in [0.25, 0.3) is 33.3 Å². The molecule has 2 N–H and O–H groups in total. The van der Waals surface area contributed by atoms with Gasteiger partial charge in [0.05, 0.1) is 16.4 Å². The van der Waals surface area contributed by atoms with Crippen LogP contribution in [-0.2, 0) is 0 Å². The first kappa shape index (κ1) is 16.3.